The summed E-state index contributed by atoms with van der Waals surface area (Å²) in [4.78, 5) is 12.7. The summed E-state index contributed by atoms with van der Waals surface area (Å²) in [6.07, 6.45) is 8.21. The largest absolute Gasteiger partial charge is 0.493 e. The number of benzene rings is 1. The van der Waals surface area contributed by atoms with Gasteiger partial charge >= 0.3 is 0 Å². The third-order valence-corrected chi connectivity index (χ3v) is 6.43. The number of methoxy groups -OCH3 is 1. The van der Waals surface area contributed by atoms with Gasteiger partial charge in [-0.1, -0.05) is 12.1 Å². The Morgan fingerprint density at radius 1 is 1.27 bits per heavy atom. The monoisotopic (exact) mass is 358 g/mol. The van der Waals surface area contributed by atoms with Crippen molar-refractivity contribution < 1.29 is 14.3 Å². The molecule has 5 nitrogen and oxygen atoms in total. The van der Waals surface area contributed by atoms with Crippen molar-refractivity contribution in [1.82, 2.24) is 10.6 Å². The van der Waals surface area contributed by atoms with Gasteiger partial charge in [0.2, 0.25) is 5.91 Å². The van der Waals surface area contributed by atoms with E-state index in [1.165, 1.54) is 12.8 Å². The Bertz CT molecular complexity index is 649. The van der Waals surface area contributed by atoms with Gasteiger partial charge in [0, 0.05) is 18.0 Å². The second kappa shape index (κ2) is 7.47. The fourth-order valence-electron chi connectivity index (χ4n) is 4.67. The van der Waals surface area contributed by atoms with E-state index in [0.717, 1.165) is 62.3 Å². The molecule has 3 aliphatic rings. The van der Waals surface area contributed by atoms with Crippen molar-refractivity contribution in [3.8, 4) is 11.5 Å². The second-order valence-electron chi connectivity index (χ2n) is 8.06. The lowest BCUT2D eigenvalue weighted by Gasteiger charge is -2.23. The maximum Gasteiger partial charge on any atom is 0.223 e. The van der Waals surface area contributed by atoms with Crippen molar-refractivity contribution in [3.05, 3.63) is 23.8 Å². The highest BCUT2D eigenvalue weighted by Crippen LogP contribution is 2.58. The number of nitrogens with one attached hydrogen (secondary N) is 2. The molecule has 4 rings (SSSR count). The lowest BCUT2D eigenvalue weighted by Crippen LogP contribution is -2.33. The lowest BCUT2D eigenvalue weighted by molar-refractivity contribution is -0.123. The van der Waals surface area contributed by atoms with Gasteiger partial charge in [-0.05, 0) is 69.5 Å². The minimum Gasteiger partial charge on any atom is -0.493 e. The molecule has 2 aliphatic carbocycles. The van der Waals surface area contributed by atoms with Crippen LogP contribution in [0.4, 0.5) is 0 Å². The molecule has 2 N–H and O–H groups in total. The first-order valence-electron chi connectivity index (χ1n) is 10.0. The highest BCUT2D eigenvalue weighted by atomic mass is 16.5. The number of piperidine rings is 1. The summed E-state index contributed by atoms with van der Waals surface area (Å²) in [5, 5.41) is 6.54. The summed E-state index contributed by atoms with van der Waals surface area (Å²) in [7, 11) is 1.67. The first kappa shape index (κ1) is 17.7. The van der Waals surface area contributed by atoms with Gasteiger partial charge in [0.15, 0.2) is 11.5 Å². The van der Waals surface area contributed by atoms with Gasteiger partial charge in [0.25, 0.3) is 0 Å². The van der Waals surface area contributed by atoms with Crippen LogP contribution in [0.25, 0.3) is 0 Å². The van der Waals surface area contributed by atoms with Gasteiger partial charge in [0.1, 0.15) is 0 Å². The van der Waals surface area contributed by atoms with Gasteiger partial charge in [-0.25, -0.2) is 0 Å². The molecule has 5 heteroatoms. The van der Waals surface area contributed by atoms with Gasteiger partial charge in [-0.2, -0.15) is 0 Å². The zero-order chi connectivity index (χ0) is 18.0. The molecule has 1 aromatic carbocycles. The van der Waals surface area contributed by atoms with Crippen LogP contribution in [0.3, 0.4) is 0 Å². The van der Waals surface area contributed by atoms with E-state index in [-0.39, 0.29) is 23.3 Å². The summed E-state index contributed by atoms with van der Waals surface area (Å²) in [5.74, 6) is 1.94. The van der Waals surface area contributed by atoms with E-state index < -0.39 is 0 Å². The minimum absolute atomic E-state index is 0.189. The average molecular weight is 358 g/mol. The Labute approximate surface area is 155 Å². The molecular weight excluding hydrogens is 328 g/mol. The third-order valence-electron chi connectivity index (χ3n) is 6.43. The topological polar surface area (TPSA) is 59.6 Å². The highest BCUT2D eigenvalue weighted by Gasteiger charge is 2.57. The first-order chi connectivity index (χ1) is 12.7. The van der Waals surface area contributed by atoms with Crippen molar-refractivity contribution >= 4 is 5.91 Å². The van der Waals surface area contributed by atoms with Crippen LogP contribution in [0.2, 0.25) is 0 Å². The molecule has 1 saturated heterocycles. The quantitative estimate of drug-likeness (QED) is 0.821. The van der Waals surface area contributed by atoms with Crippen LogP contribution in [-0.4, -0.2) is 32.2 Å². The second-order valence-corrected chi connectivity index (χ2v) is 8.06. The molecule has 0 radical (unpaired) electrons. The van der Waals surface area contributed by atoms with Crippen molar-refractivity contribution in [2.75, 3.05) is 20.2 Å². The maximum atomic E-state index is 12.7. The fourth-order valence-corrected chi connectivity index (χ4v) is 4.67. The van der Waals surface area contributed by atoms with Crippen molar-refractivity contribution in [1.29, 1.82) is 0 Å². The predicted octanol–water partition coefficient (Wildman–Crippen LogP) is 3.02. The van der Waals surface area contributed by atoms with Crippen LogP contribution in [0.5, 0.6) is 11.5 Å². The molecule has 0 aromatic heterocycles. The SMILES string of the molecule is COc1cccc(CNC(=O)C2CC23CCNCC3)c1OC1CCCC1. The van der Waals surface area contributed by atoms with Crippen LogP contribution in [0, 0.1) is 11.3 Å². The van der Waals surface area contributed by atoms with E-state index in [9.17, 15) is 4.79 Å². The van der Waals surface area contributed by atoms with Gasteiger partial charge in [-0.3, -0.25) is 4.79 Å². The number of para-hydroxylation sites is 1. The number of rotatable bonds is 6. The molecule has 0 bridgehead atoms. The Hall–Kier alpha value is -1.75. The van der Waals surface area contributed by atoms with Crippen molar-refractivity contribution in [2.24, 2.45) is 11.3 Å². The first-order valence-corrected chi connectivity index (χ1v) is 10.0. The molecule has 1 amide bonds. The molecule has 1 aromatic rings. The van der Waals surface area contributed by atoms with Crippen LogP contribution in [-0.2, 0) is 11.3 Å². The van der Waals surface area contributed by atoms with E-state index in [1.807, 2.05) is 18.2 Å². The van der Waals surface area contributed by atoms with E-state index in [1.54, 1.807) is 7.11 Å². The van der Waals surface area contributed by atoms with Gasteiger partial charge in [-0.15, -0.1) is 0 Å². The average Bonchev–Trinajstić information content (AvgIpc) is 3.11. The van der Waals surface area contributed by atoms with Crippen LogP contribution in [0.15, 0.2) is 18.2 Å². The lowest BCUT2D eigenvalue weighted by atomic mass is 9.92. The van der Waals surface area contributed by atoms with Crippen LogP contribution >= 0.6 is 0 Å². The molecule has 26 heavy (non-hydrogen) atoms. The molecule has 142 valence electrons. The molecule has 2 saturated carbocycles. The van der Waals surface area contributed by atoms with Crippen molar-refractivity contribution in [3.63, 3.8) is 0 Å². The summed E-state index contributed by atoms with van der Waals surface area (Å²) in [5.41, 5.74) is 1.27. The number of hydrogen-bond donors (Lipinski definition) is 2. The normalized spacial score (nSPS) is 24.4. The Balaban J connectivity index is 1.40. The smallest absolute Gasteiger partial charge is 0.223 e. The number of amides is 1. The molecule has 1 atom stereocenters. The maximum absolute atomic E-state index is 12.7. The summed E-state index contributed by atoms with van der Waals surface area (Å²) >= 11 is 0. The predicted molar refractivity (Wildman–Crippen MR) is 100 cm³/mol. The number of ether oxygens (including phenoxy) is 2. The molecule has 3 fully saturated rings. The van der Waals surface area contributed by atoms with Gasteiger partial charge < -0.3 is 20.1 Å². The number of hydrogen-bond acceptors (Lipinski definition) is 4. The van der Waals surface area contributed by atoms with E-state index in [0.29, 0.717) is 6.54 Å². The summed E-state index contributed by atoms with van der Waals surface area (Å²) in [6.45, 7) is 2.58. The minimum atomic E-state index is 0.189. The third kappa shape index (κ3) is 3.54. The van der Waals surface area contributed by atoms with E-state index >= 15 is 0 Å². The van der Waals surface area contributed by atoms with Crippen molar-refractivity contribution in [2.45, 2.75) is 57.6 Å². The van der Waals surface area contributed by atoms with E-state index in [2.05, 4.69) is 10.6 Å². The fraction of sp³-hybridized carbons (Fsp3) is 0.667. The van der Waals surface area contributed by atoms with Gasteiger partial charge in [0.05, 0.1) is 13.2 Å². The Kier molecular flexibility index (Phi) is 5.07. The summed E-state index contributed by atoms with van der Waals surface area (Å²) in [6, 6.07) is 5.92. The highest BCUT2D eigenvalue weighted by molar-refractivity contribution is 5.82. The molecule has 1 spiro atoms. The zero-order valence-electron chi connectivity index (χ0n) is 15.7. The van der Waals surface area contributed by atoms with Crippen LogP contribution < -0.4 is 20.1 Å². The molecular formula is C21H30N2O3. The van der Waals surface area contributed by atoms with E-state index in [4.69, 9.17) is 9.47 Å². The standard InChI is InChI=1S/C21H30N2O3/c1-25-18-8-4-5-15(19(18)26-16-6-2-3-7-16)14-23-20(24)17-13-21(17)9-11-22-12-10-21/h4-5,8,16-17,22H,2-3,6-7,9-14H2,1H3,(H,23,24). The zero-order valence-corrected chi connectivity index (χ0v) is 15.7. The number of carbonyl (C=O) groups is 1. The Morgan fingerprint density at radius 3 is 2.77 bits per heavy atom. The molecule has 1 aliphatic heterocycles. The number of carbonyl (C=O) groups excluding carboxylic acids is 1. The summed E-state index contributed by atoms with van der Waals surface area (Å²) < 4.78 is 11.8. The molecule has 1 heterocycles. The van der Waals surface area contributed by atoms with Crippen LogP contribution in [0.1, 0.15) is 50.5 Å². The molecule has 1 unspecified atom stereocenters. The Morgan fingerprint density at radius 2 is 2.04 bits per heavy atom.